The number of anilines is 1. The zero-order chi connectivity index (χ0) is 24.5. The maximum Gasteiger partial charge on any atom is 0.294 e. The Kier molecular flexibility index (Phi) is 5.89. The molecule has 0 fully saturated rings. The topological polar surface area (TPSA) is 137 Å². The smallest absolute Gasteiger partial charge is 0.294 e. The summed E-state index contributed by atoms with van der Waals surface area (Å²) in [6.07, 6.45) is 0. The molecule has 0 radical (unpaired) electrons. The lowest BCUT2D eigenvalue weighted by atomic mass is 10.0. The number of rotatable bonds is 5. The maximum absolute atomic E-state index is 13.2. The number of nitrogen functional groups attached to an aromatic ring is 1. The summed E-state index contributed by atoms with van der Waals surface area (Å²) in [7, 11) is 0. The Bertz CT molecular complexity index is 1600. The number of hydrazone groups is 1. The van der Waals surface area contributed by atoms with Crippen LogP contribution < -0.4 is 11.2 Å². The van der Waals surface area contributed by atoms with Crippen LogP contribution in [0.15, 0.2) is 70.4 Å². The Morgan fingerprint density at radius 2 is 1.86 bits per heavy atom. The molecule has 10 nitrogen and oxygen atoms in total. The molecule has 3 N–H and O–H groups in total. The first-order valence-corrected chi connectivity index (χ1v) is 11.0. The first-order chi connectivity index (χ1) is 16.9. The fourth-order valence-electron chi connectivity index (χ4n) is 3.61. The number of nitrogens with two attached hydrogens (primary N) is 1. The molecule has 0 saturated heterocycles. The summed E-state index contributed by atoms with van der Waals surface area (Å²) in [6, 6.07) is 18.6. The highest BCUT2D eigenvalue weighted by molar-refractivity contribution is 6.42. The number of fused-ring (bicyclic) bond motifs is 1. The van der Waals surface area contributed by atoms with Crippen LogP contribution in [0.5, 0.6) is 0 Å². The van der Waals surface area contributed by atoms with E-state index >= 15 is 0 Å². The molecule has 0 unspecified atom stereocenters. The summed E-state index contributed by atoms with van der Waals surface area (Å²) in [5.41, 5.74) is 10.6. The van der Waals surface area contributed by atoms with Crippen molar-refractivity contribution in [3.05, 3.63) is 82.0 Å². The third-order valence-corrected chi connectivity index (χ3v) is 6.02. The number of carbonyl (C=O) groups excluding carboxylic acids is 1. The number of nitrogens with one attached hydrogen (secondary N) is 1. The molecule has 3 aromatic carbocycles. The first-order valence-electron chi connectivity index (χ1n) is 10.3. The van der Waals surface area contributed by atoms with Gasteiger partial charge in [-0.2, -0.15) is 9.78 Å². The fourth-order valence-corrected chi connectivity index (χ4v) is 3.91. The summed E-state index contributed by atoms with van der Waals surface area (Å²) in [5, 5.41) is 22.4. The van der Waals surface area contributed by atoms with Gasteiger partial charge in [0.2, 0.25) is 11.6 Å². The van der Waals surface area contributed by atoms with Crippen LogP contribution in [0.3, 0.4) is 0 Å². The van der Waals surface area contributed by atoms with Crippen LogP contribution >= 0.6 is 23.2 Å². The predicted octanol–water partition coefficient (Wildman–Crippen LogP) is 4.51. The summed E-state index contributed by atoms with van der Waals surface area (Å²) in [4.78, 5) is 13.2. The van der Waals surface area contributed by atoms with Gasteiger partial charge in [-0.25, -0.2) is 10.1 Å². The molecule has 0 saturated carbocycles. The van der Waals surface area contributed by atoms with Crippen LogP contribution in [0.1, 0.15) is 23.0 Å². The van der Waals surface area contributed by atoms with Crippen LogP contribution in [-0.2, 0) is 0 Å². The van der Waals surface area contributed by atoms with Crippen molar-refractivity contribution >= 4 is 51.4 Å². The Morgan fingerprint density at radius 3 is 2.63 bits per heavy atom. The van der Waals surface area contributed by atoms with Gasteiger partial charge in [-0.15, -0.1) is 5.10 Å². The lowest BCUT2D eigenvalue weighted by Gasteiger charge is -2.08. The highest BCUT2D eigenvalue weighted by Gasteiger charge is 2.25. The Balaban J connectivity index is 1.54. The molecule has 174 valence electrons. The van der Waals surface area contributed by atoms with Crippen LogP contribution in [0.25, 0.3) is 27.8 Å². The van der Waals surface area contributed by atoms with Gasteiger partial charge in [0.15, 0.2) is 5.69 Å². The van der Waals surface area contributed by atoms with E-state index in [9.17, 15) is 4.79 Å². The normalized spacial score (nSPS) is 11.7. The lowest BCUT2D eigenvalue weighted by molar-refractivity contribution is 0.0950. The van der Waals surface area contributed by atoms with Gasteiger partial charge < -0.3 is 5.73 Å². The molecule has 12 heteroatoms. The predicted molar refractivity (Wildman–Crippen MR) is 133 cm³/mol. The molecular weight excluding hydrogens is 491 g/mol. The van der Waals surface area contributed by atoms with Crippen LogP contribution in [0.4, 0.5) is 5.82 Å². The number of amides is 1. The van der Waals surface area contributed by atoms with Crippen molar-refractivity contribution in [2.75, 3.05) is 5.73 Å². The Hall–Kier alpha value is -4.28. The van der Waals surface area contributed by atoms with E-state index in [1.807, 2.05) is 42.5 Å². The molecule has 0 spiro atoms. The van der Waals surface area contributed by atoms with Crippen molar-refractivity contribution < 1.29 is 9.42 Å². The number of halogens is 2. The van der Waals surface area contributed by atoms with E-state index < -0.39 is 5.91 Å². The zero-order valence-electron chi connectivity index (χ0n) is 18.1. The number of aromatic nitrogens is 5. The van der Waals surface area contributed by atoms with E-state index in [2.05, 4.69) is 35.8 Å². The zero-order valence-corrected chi connectivity index (χ0v) is 19.6. The summed E-state index contributed by atoms with van der Waals surface area (Å²) in [5.74, 6) is -0.576. The van der Waals surface area contributed by atoms with Gasteiger partial charge in [-0.3, -0.25) is 4.79 Å². The molecule has 1 amide bonds. The molecule has 0 aliphatic rings. The number of hydrogen-bond donors (Lipinski definition) is 2. The Morgan fingerprint density at radius 1 is 1.06 bits per heavy atom. The van der Waals surface area contributed by atoms with Crippen molar-refractivity contribution in [1.29, 1.82) is 0 Å². The van der Waals surface area contributed by atoms with E-state index in [0.29, 0.717) is 16.3 Å². The molecule has 0 atom stereocenters. The maximum atomic E-state index is 13.2. The molecule has 2 aromatic heterocycles. The highest BCUT2D eigenvalue weighted by Crippen LogP contribution is 2.31. The summed E-state index contributed by atoms with van der Waals surface area (Å²) < 4.78 is 5.92. The first kappa shape index (κ1) is 22.5. The highest BCUT2D eigenvalue weighted by atomic mass is 35.5. The minimum Gasteiger partial charge on any atom is -0.378 e. The molecule has 2 heterocycles. The molecule has 35 heavy (non-hydrogen) atoms. The molecule has 0 aliphatic heterocycles. The third-order valence-electron chi connectivity index (χ3n) is 5.28. The fraction of sp³-hybridized carbons (Fsp3) is 0.0435. The third kappa shape index (κ3) is 4.20. The second-order valence-electron chi connectivity index (χ2n) is 7.47. The summed E-state index contributed by atoms with van der Waals surface area (Å²) in [6.45, 7) is 1.81. The minimum atomic E-state index is -0.605. The molecule has 0 aliphatic carbocycles. The number of nitrogens with zero attached hydrogens (tertiary/aromatic N) is 6. The molecule has 0 bridgehead atoms. The van der Waals surface area contributed by atoms with E-state index in [0.717, 1.165) is 16.3 Å². The largest absolute Gasteiger partial charge is 0.378 e. The van der Waals surface area contributed by atoms with Gasteiger partial charge in [0, 0.05) is 11.1 Å². The van der Waals surface area contributed by atoms with E-state index in [1.54, 1.807) is 25.1 Å². The quantitative estimate of drug-likeness (QED) is 0.264. The van der Waals surface area contributed by atoms with E-state index in [-0.39, 0.29) is 28.0 Å². The average molecular weight is 507 g/mol. The van der Waals surface area contributed by atoms with Crippen molar-refractivity contribution in [3.8, 4) is 17.1 Å². The molecule has 5 aromatic rings. The molecule has 5 rings (SSSR count). The Labute approximate surface area is 208 Å². The van der Waals surface area contributed by atoms with Gasteiger partial charge in [0.05, 0.1) is 15.8 Å². The van der Waals surface area contributed by atoms with Crippen molar-refractivity contribution in [1.82, 2.24) is 30.7 Å². The monoisotopic (exact) mass is 506 g/mol. The van der Waals surface area contributed by atoms with Gasteiger partial charge in [-0.05, 0) is 40.1 Å². The lowest BCUT2D eigenvalue weighted by Crippen LogP contribution is -2.21. The van der Waals surface area contributed by atoms with Crippen molar-refractivity contribution in [3.63, 3.8) is 0 Å². The van der Waals surface area contributed by atoms with Gasteiger partial charge in [-0.1, -0.05) is 76.9 Å². The van der Waals surface area contributed by atoms with Crippen molar-refractivity contribution in [2.45, 2.75) is 6.92 Å². The van der Waals surface area contributed by atoms with E-state index in [4.69, 9.17) is 28.9 Å². The minimum absolute atomic E-state index is 0.0343. The van der Waals surface area contributed by atoms with Gasteiger partial charge in [0.25, 0.3) is 5.91 Å². The number of hydrogen-bond acceptors (Lipinski definition) is 8. The average Bonchev–Trinajstić information content (AvgIpc) is 3.49. The van der Waals surface area contributed by atoms with Gasteiger partial charge >= 0.3 is 0 Å². The second kappa shape index (κ2) is 9.16. The van der Waals surface area contributed by atoms with E-state index in [1.165, 1.54) is 4.68 Å². The number of carbonyl (C=O) groups is 1. The van der Waals surface area contributed by atoms with Crippen LogP contribution in [0, 0.1) is 0 Å². The van der Waals surface area contributed by atoms with Crippen molar-refractivity contribution in [2.24, 2.45) is 5.10 Å². The SMILES string of the molecule is CC(=NNC(=O)c1nnn(-c2nonc2N)c1-c1ccc(Cl)c(Cl)c1)c1cccc2ccccc12. The van der Waals surface area contributed by atoms with Gasteiger partial charge in [0.1, 0.15) is 5.69 Å². The molecular formula is C23H16Cl2N8O2. The summed E-state index contributed by atoms with van der Waals surface area (Å²) >= 11 is 12.3. The standard InChI is InChI=1S/C23H16Cl2N8O2/c1-12(15-8-4-6-13-5-2-3-7-16(13)15)27-29-23(34)19-20(14-9-10-17(24)18(25)11-14)33(32-28-19)22-21(26)30-35-31-22/h2-11H,1H3,(H2,26,30)(H,29,34). The van der Waals surface area contributed by atoms with Crippen LogP contribution in [0.2, 0.25) is 10.0 Å². The second-order valence-corrected chi connectivity index (χ2v) is 8.28. The number of benzene rings is 3. The van der Waals surface area contributed by atoms with Crippen LogP contribution in [-0.4, -0.2) is 36.9 Å².